The number of hydrogen-bond acceptors (Lipinski definition) is 4. The van der Waals surface area contributed by atoms with Gasteiger partial charge in [0.05, 0.1) is 18.8 Å². The molecule has 22 heavy (non-hydrogen) atoms. The zero-order chi connectivity index (χ0) is 15.4. The molecule has 0 saturated carbocycles. The molecule has 116 valence electrons. The summed E-state index contributed by atoms with van der Waals surface area (Å²) in [6, 6.07) is 14.1. The van der Waals surface area contributed by atoms with Crippen molar-refractivity contribution in [1.82, 2.24) is 4.90 Å². The van der Waals surface area contributed by atoms with E-state index in [-0.39, 0.29) is 17.8 Å². The van der Waals surface area contributed by atoms with Crippen LogP contribution in [0.5, 0.6) is 0 Å². The number of esters is 1. The minimum absolute atomic E-state index is 0.0674. The second kappa shape index (κ2) is 6.79. The zero-order valence-corrected chi connectivity index (χ0v) is 12.8. The molecule has 1 aliphatic heterocycles. The molecule has 0 bridgehead atoms. The number of rotatable bonds is 5. The van der Waals surface area contributed by atoms with Crippen LogP contribution in [0.15, 0.2) is 53.1 Å². The first-order valence-electron chi connectivity index (χ1n) is 7.74. The molecule has 4 heteroatoms. The molecule has 0 radical (unpaired) electrons. The lowest BCUT2D eigenvalue weighted by Crippen LogP contribution is -2.25. The van der Waals surface area contributed by atoms with Gasteiger partial charge in [-0.3, -0.25) is 9.69 Å². The Balaban J connectivity index is 1.74. The van der Waals surface area contributed by atoms with Gasteiger partial charge in [0.15, 0.2) is 0 Å². The Morgan fingerprint density at radius 1 is 1.23 bits per heavy atom. The minimum atomic E-state index is -0.158. The highest BCUT2D eigenvalue weighted by Gasteiger charge is 2.40. The molecular weight excluding hydrogens is 278 g/mol. The quantitative estimate of drug-likeness (QED) is 0.796. The van der Waals surface area contributed by atoms with Gasteiger partial charge in [-0.15, -0.1) is 0 Å². The molecule has 1 saturated heterocycles. The van der Waals surface area contributed by atoms with E-state index in [0.29, 0.717) is 13.2 Å². The van der Waals surface area contributed by atoms with Gasteiger partial charge in [0, 0.05) is 25.6 Å². The Kier molecular flexibility index (Phi) is 4.59. The monoisotopic (exact) mass is 299 g/mol. The van der Waals surface area contributed by atoms with E-state index < -0.39 is 0 Å². The van der Waals surface area contributed by atoms with E-state index >= 15 is 0 Å². The van der Waals surface area contributed by atoms with Gasteiger partial charge in [-0.2, -0.15) is 0 Å². The Bertz CT molecular complexity index is 594. The maximum absolute atomic E-state index is 12.3. The van der Waals surface area contributed by atoms with Crippen LogP contribution in [0.4, 0.5) is 0 Å². The third-order valence-electron chi connectivity index (χ3n) is 4.14. The van der Waals surface area contributed by atoms with Crippen molar-refractivity contribution in [3.8, 4) is 0 Å². The van der Waals surface area contributed by atoms with E-state index in [1.165, 1.54) is 5.56 Å². The molecule has 2 heterocycles. The maximum atomic E-state index is 12.3. The average molecular weight is 299 g/mol. The summed E-state index contributed by atoms with van der Waals surface area (Å²) in [5.74, 6) is 0.653. The second-order valence-corrected chi connectivity index (χ2v) is 5.66. The number of ether oxygens (including phenoxy) is 1. The van der Waals surface area contributed by atoms with Gasteiger partial charge in [-0.05, 0) is 24.6 Å². The van der Waals surface area contributed by atoms with Crippen molar-refractivity contribution in [2.75, 3.05) is 19.7 Å². The Labute approximate surface area is 130 Å². The standard InChI is InChI=1S/C18H21NO3/c1-2-21-18(20)16-13-19(11-14-7-4-3-5-8-14)12-15(16)17-9-6-10-22-17/h3-10,15-16H,2,11-13H2,1H3/t15-,16-/m1/s1. The summed E-state index contributed by atoms with van der Waals surface area (Å²) in [7, 11) is 0. The predicted molar refractivity (Wildman–Crippen MR) is 83.3 cm³/mol. The number of furan rings is 1. The van der Waals surface area contributed by atoms with Crippen molar-refractivity contribution in [3.05, 3.63) is 60.1 Å². The van der Waals surface area contributed by atoms with Crippen LogP contribution < -0.4 is 0 Å². The van der Waals surface area contributed by atoms with Crippen LogP contribution in [0.3, 0.4) is 0 Å². The van der Waals surface area contributed by atoms with Gasteiger partial charge in [-0.1, -0.05) is 30.3 Å². The number of likely N-dealkylation sites (tertiary alicyclic amines) is 1. The van der Waals surface area contributed by atoms with Gasteiger partial charge < -0.3 is 9.15 Å². The van der Waals surface area contributed by atoms with Crippen LogP contribution in [0.1, 0.15) is 24.2 Å². The summed E-state index contributed by atoms with van der Waals surface area (Å²) in [5, 5.41) is 0. The molecule has 0 amide bonds. The van der Waals surface area contributed by atoms with Crippen molar-refractivity contribution in [2.45, 2.75) is 19.4 Å². The van der Waals surface area contributed by atoms with E-state index in [0.717, 1.165) is 18.8 Å². The predicted octanol–water partition coefficient (Wildman–Crippen LogP) is 3.06. The van der Waals surface area contributed by atoms with E-state index in [4.69, 9.17) is 9.15 Å². The fraction of sp³-hybridized carbons (Fsp3) is 0.389. The summed E-state index contributed by atoms with van der Waals surface area (Å²) < 4.78 is 10.8. The SMILES string of the molecule is CCOC(=O)[C@@H]1CN(Cc2ccccc2)C[C@H]1c1ccco1. The fourth-order valence-corrected chi connectivity index (χ4v) is 3.13. The number of hydrogen-bond donors (Lipinski definition) is 0. The van der Waals surface area contributed by atoms with Gasteiger partial charge in [0.1, 0.15) is 5.76 Å². The molecule has 0 spiro atoms. The highest BCUT2D eigenvalue weighted by atomic mass is 16.5. The van der Waals surface area contributed by atoms with Gasteiger partial charge in [-0.25, -0.2) is 0 Å². The van der Waals surface area contributed by atoms with Crippen molar-refractivity contribution in [2.24, 2.45) is 5.92 Å². The maximum Gasteiger partial charge on any atom is 0.311 e. The first-order valence-corrected chi connectivity index (χ1v) is 7.74. The van der Waals surface area contributed by atoms with Crippen molar-refractivity contribution in [1.29, 1.82) is 0 Å². The van der Waals surface area contributed by atoms with Crippen LogP contribution in [0.25, 0.3) is 0 Å². The Morgan fingerprint density at radius 3 is 2.73 bits per heavy atom. The van der Waals surface area contributed by atoms with Gasteiger partial charge in [0.25, 0.3) is 0 Å². The van der Waals surface area contributed by atoms with E-state index in [1.54, 1.807) is 6.26 Å². The van der Waals surface area contributed by atoms with Crippen LogP contribution >= 0.6 is 0 Å². The molecule has 2 atom stereocenters. The molecule has 1 aromatic heterocycles. The smallest absolute Gasteiger partial charge is 0.311 e. The van der Waals surface area contributed by atoms with E-state index in [9.17, 15) is 4.79 Å². The summed E-state index contributed by atoms with van der Waals surface area (Å²) in [6.45, 7) is 4.62. The average Bonchev–Trinajstić information content (AvgIpc) is 3.17. The Morgan fingerprint density at radius 2 is 2.05 bits per heavy atom. The van der Waals surface area contributed by atoms with Crippen molar-refractivity contribution in [3.63, 3.8) is 0 Å². The van der Waals surface area contributed by atoms with Crippen molar-refractivity contribution >= 4 is 5.97 Å². The fourth-order valence-electron chi connectivity index (χ4n) is 3.13. The molecule has 3 rings (SSSR count). The number of carbonyl (C=O) groups is 1. The first kappa shape index (κ1) is 14.9. The van der Waals surface area contributed by atoms with Crippen molar-refractivity contribution < 1.29 is 13.9 Å². The van der Waals surface area contributed by atoms with Crippen LogP contribution in [-0.4, -0.2) is 30.6 Å². The number of carbonyl (C=O) groups excluding carboxylic acids is 1. The summed E-state index contributed by atoms with van der Waals surface area (Å²) in [4.78, 5) is 14.6. The largest absolute Gasteiger partial charge is 0.469 e. The topological polar surface area (TPSA) is 42.7 Å². The lowest BCUT2D eigenvalue weighted by Gasteiger charge is -2.15. The van der Waals surface area contributed by atoms with Gasteiger partial charge >= 0.3 is 5.97 Å². The zero-order valence-electron chi connectivity index (χ0n) is 12.8. The second-order valence-electron chi connectivity index (χ2n) is 5.66. The molecule has 1 aliphatic rings. The first-order chi connectivity index (χ1) is 10.8. The lowest BCUT2D eigenvalue weighted by molar-refractivity contribution is -0.148. The highest BCUT2D eigenvalue weighted by molar-refractivity contribution is 5.74. The third kappa shape index (κ3) is 3.22. The summed E-state index contributed by atoms with van der Waals surface area (Å²) in [5.41, 5.74) is 1.25. The minimum Gasteiger partial charge on any atom is -0.469 e. The molecule has 2 aromatic rings. The molecule has 0 unspecified atom stereocenters. The van der Waals surface area contributed by atoms with Crippen LogP contribution in [0, 0.1) is 5.92 Å². The van der Waals surface area contributed by atoms with Crippen LogP contribution in [0.2, 0.25) is 0 Å². The van der Waals surface area contributed by atoms with Crippen LogP contribution in [-0.2, 0) is 16.1 Å². The molecule has 1 aromatic carbocycles. The molecular formula is C18H21NO3. The third-order valence-corrected chi connectivity index (χ3v) is 4.14. The van der Waals surface area contributed by atoms with Gasteiger partial charge in [0.2, 0.25) is 0 Å². The summed E-state index contributed by atoms with van der Waals surface area (Å²) in [6.07, 6.45) is 1.66. The summed E-state index contributed by atoms with van der Waals surface area (Å²) >= 11 is 0. The number of benzene rings is 1. The molecule has 4 nitrogen and oxygen atoms in total. The van der Waals surface area contributed by atoms with E-state index in [2.05, 4.69) is 17.0 Å². The Hall–Kier alpha value is -2.07. The lowest BCUT2D eigenvalue weighted by atomic mass is 9.94. The molecule has 1 fully saturated rings. The number of nitrogens with zero attached hydrogens (tertiary/aromatic N) is 1. The molecule has 0 N–H and O–H groups in total. The molecule has 0 aliphatic carbocycles. The normalized spacial score (nSPS) is 21.9. The van der Waals surface area contributed by atoms with E-state index in [1.807, 2.05) is 37.3 Å². The highest BCUT2D eigenvalue weighted by Crippen LogP contribution is 2.34.